The molecule has 162 valence electrons. The van der Waals surface area contributed by atoms with Gasteiger partial charge in [0.2, 0.25) is 0 Å². The summed E-state index contributed by atoms with van der Waals surface area (Å²) in [4.78, 5) is 13.0. The van der Waals surface area contributed by atoms with Crippen molar-refractivity contribution in [3.8, 4) is 0 Å². The Hall–Kier alpha value is -2.63. The van der Waals surface area contributed by atoms with Crippen molar-refractivity contribution in [1.82, 2.24) is 19.5 Å². The van der Waals surface area contributed by atoms with Crippen LogP contribution >= 0.6 is 11.3 Å². The van der Waals surface area contributed by atoms with E-state index in [4.69, 9.17) is 4.74 Å². The summed E-state index contributed by atoms with van der Waals surface area (Å²) < 4.78 is 8.44. The zero-order valence-corrected chi connectivity index (χ0v) is 17.7. The smallest absolute Gasteiger partial charge is 0.167 e. The lowest BCUT2D eigenvalue weighted by atomic mass is 10.1. The van der Waals surface area contributed by atoms with E-state index in [1.165, 1.54) is 33.9 Å². The number of imidazole rings is 1. The number of ether oxygens (including phenoxy) is 1. The van der Waals surface area contributed by atoms with Crippen LogP contribution < -0.4 is 5.32 Å². The number of hydrogen-bond donors (Lipinski definition) is 4. The summed E-state index contributed by atoms with van der Waals surface area (Å²) >= 11 is 1.75. The maximum absolute atomic E-state index is 10.3. The summed E-state index contributed by atoms with van der Waals surface area (Å²) in [5.41, 5.74) is 3.56. The Morgan fingerprint density at radius 1 is 1.19 bits per heavy atom. The molecule has 0 aliphatic carbocycles. The Labute approximate surface area is 182 Å². The van der Waals surface area contributed by atoms with E-state index < -0.39 is 24.5 Å². The summed E-state index contributed by atoms with van der Waals surface area (Å²) in [6, 6.07) is 6.50. The van der Waals surface area contributed by atoms with Crippen molar-refractivity contribution in [3.63, 3.8) is 0 Å². The van der Waals surface area contributed by atoms with Gasteiger partial charge < -0.3 is 25.4 Å². The van der Waals surface area contributed by atoms with Gasteiger partial charge in [-0.1, -0.05) is 17.7 Å². The van der Waals surface area contributed by atoms with Crippen LogP contribution in [0.4, 0.5) is 5.82 Å². The molecule has 1 saturated heterocycles. The van der Waals surface area contributed by atoms with Crippen LogP contribution in [0, 0.1) is 6.92 Å². The van der Waals surface area contributed by atoms with E-state index in [0.717, 1.165) is 6.42 Å². The molecule has 1 aromatic carbocycles. The molecule has 3 aromatic heterocycles. The third kappa shape index (κ3) is 3.56. The Bertz CT molecular complexity index is 1230. The van der Waals surface area contributed by atoms with Crippen LogP contribution in [0.25, 0.3) is 21.3 Å². The second-order valence-electron chi connectivity index (χ2n) is 7.71. The van der Waals surface area contributed by atoms with Crippen LogP contribution in [-0.4, -0.2) is 66.3 Å². The number of rotatable bonds is 6. The topological polar surface area (TPSA) is 126 Å². The fraction of sp³-hybridized carbons (Fsp3) is 0.381. The monoisotopic (exact) mass is 441 g/mol. The minimum atomic E-state index is -1.20. The Morgan fingerprint density at radius 2 is 2.06 bits per heavy atom. The molecule has 0 unspecified atom stereocenters. The highest BCUT2D eigenvalue weighted by Crippen LogP contribution is 2.32. The van der Waals surface area contributed by atoms with Crippen molar-refractivity contribution in [1.29, 1.82) is 0 Å². The number of benzene rings is 1. The number of aryl methyl sites for hydroxylation is 1. The van der Waals surface area contributed by atoms with Gasteiger partial charge in [-0.2, -0.15) is 0 Å². The first-order chi connectivity index (χ1) is 15.1. The average Bonchev–Trinajstić information content (AvgIpc) is 3.45. The number of fused-ring (bicyclic) bond motifs is 2. The minimum absolute atomic E-state index is 0.389. The lowest BCUT2D eigenvalue weighted by Crippen LogP contribution is -2.33. The normalized spacial score (nSPS) is 23.7. The van der Waals surface area contributed by atoms with Gasteiger partial charge in [0.1, 0.15) is 24.6 Å². The van der Waals surface area contributed by atoms with E-state index in [0.29, 0.717) is 23.5 Å². The van der Waals surface area contributed by atoms with Crippen LogP contribution in [0.3, 0.4) is 0 Å². The molecule has 0 saturated carbocycles. The van der Waals surface area contributed by atoms with Gasteiger partial charge in [-0.25, -0.2) is 15.0 Å². The fourth-order valence-corrected chi connectivity index (χ4v) is 4.96. The molecule has 10 heteroatoms. The molecule has 0 bridgehead atoms. The van der Waals surface area contributed by atoms with E-state index in [-0.39, 0.29) is 6.61 Å². The van der Waals surface area contributed by atoms with E-state index in [1.807, 2.05) is 0 Å². The number of anilines is 1. The number of nitrogens with zero attached hydrogens (tertiary/aromatic N) is 4. The number of nitrogens with one attached hydrogen (secondary N) is 1. The summed E-state index contributed by atoms with van der Waals surface area (Å²) in [5.74, 6) is 0.589. The van der Waals surface area contributed by atoms with Crippen molar-refractivity contribution >= 4 is 38.4 Å². The van der Waals surface area contributed by atoms with Crippen LogP contribution in [0.1, 0.15) is 17.4 Å². The minimum Gasteiger partial charge on any atom is -0.394 e. The molecule has 9 nitrogen and oxygen atoms in total. The van der Waals surface area contributed by atoms with Crippen molar-refractivity contribution in [3.05, 3.63) is 47.4 Å². The zero-order chi connectivity index (χ0) is 21.5. The van der Waals surface area contributed by atoms with E-state index in [9.17, 15) is 15.3 Å². The molecular formula is C21H23N5O4S. The largest absolute Gasteiger partial charge is 0.394 e. The summed E-state index contributed by atoms with van der Waals surface area (Å²) in [6.07, 6.45) is -0.369. The predicted molar refractivity (Wildman–Crippen MR) is 117 cm³/mol. The summed E-state index contributed by atoms with van der Waals surface area (Å²) in [5, 5.41) is 36.5. The number of aromatic nitrogens is 4. The maximum Gasteiger partial charge on any atom is 0.167 e. The molecule has 1 fully saturated rings. The predicted octanol–water partition coefficient (Wildman–Crippen LogP) is 1.62. The van der Waals surface area contributed by atoms with Gasteiger partial charge in [-0.3, -0.25) is 4.57 Å². The molecule has 4 aromatic rings. The van der Waals surface area contributed by atoms with Crippen LogP contribution in [0.2, 0.25) is 0 Å². The molecule has 5 rings (SSSR count). The first kappa shape index (κ1) is 20.3. The number of aliphatic hydroxyl groups excluding tert-OH is 3. The summed E-state index contributed by atoms with van der Waals surface area (Å²) in [7, 11) is 0. The van der Waals surface area contributed by atoms with Crippen LogP contribution in [0.5, 0.6) is 0 Å². The van der Waals surface area contributed by atoms with Gasteiger partial charge in [0.15, 0.2) is 23.2 Å². The van der Waals surface area contributed by atoms with E-state index in [1.54, 1.807) is 15.9 Å². The van der Waals surface area contributed by atoms with Crippen molar-refractivity contribution < 1.29 is 20.1 Å². The standard InChI is InChI=1S/C21H23N5O4S/c1-11-2-3-15-13(6-11)12(8-31-15)4-5-22-19-16-20(24-9-23-19)26(10-25-16)21-18(29)17(28)14(7-27)30-21/h2-3,6,8-10,14,17-18,21,27-29H,4-5,7H2,1H3,(H,22,23,24)/t14-,17-,18-,21-/m1/s1. The molecule has 0 spiro atoms. The van der Waals surface area contributed by atoms with Gasteiger partial charge in [-0.05, 0) is 35.7 Å². The third-order valence-corrected chi connectivity index (χ3v) is 6.66. The quantitative estimate of drug-likeness (QED) is 0.356. The first-order valence-corrected chi connectivity index (χ1v) is 11.0. The second-order valence-corrected chi connectivity index (χ2v) is 8.62. The molecule has 1 aliphatic heterocycles. The SMILES string of the molecule is Cc1ccc2scc(CCNc3ncnc4c3ncn4[C@@H]3O[C@H](CO)[C@@H](O)[C@H]3O)c2c1. The Morgan fingerprint density at radius 3 is 2.87 bits per heavy atom. The molecule has 0 radical (unpaired) electrons. The third-order valence-electron chi connectivity index (χ3n) is 5.65. The molecule has 4 N–H and O–H groups in total. The second kappa shape index (κ2) is 8.13. The van der Waals surface area contributed by atoms with E-state index in [2.05, 4.69) is 50.8 Å². The van der Waals surface area contributed by atoms with Gasteiger partial charge in [0, 0.05) is 11.2 Å². The molecule has 4 heterocycles. The average molecular weight is 442 g/mol. The molecule has 1 aliphatic rings. The molecule has 4 atom stereocenters. The highest BCUT2D eigenvalue weighted by Gasteiger charge is 2.44. The fourth-order valence-electron chi connectivity index (χ4n) is 3.98. The van der Waals surface area contributed by atoms with Gasteiger partial charge in [0.25, 0.3) is 0 Å². The van der Waals surface area contributed by atoms with Crippen molar-refractivity contribution in [2.45, 2.75) is 37.9 Å². The molecule has 0 amide bonds. The first-order valence-electron chi connectivity index (χ1n) is 10.1. The van der Waals surface area contributed by atoms with Gasteiger partial charge in [0.05, 0.1) is 12.9 Å². The number of hydrogen-bond acceptors (Lipinski definition) is 9. The van der Waals surface area contributed by atoms with Crippen LogP contribution in [0.15, 0.2) is 36.2 Å². The van der Waals surface area contributed by atoms with Crippen molar-refractivity contribution in [2.24, 2.45) is 0 Å². The Balaban J connectivity index is 1.35. The number of aliphatic hydroxyl groups is 3. The highest BCUT2D eigenvalue weighted by atomic mass is 32.1. The zero-order valence-electron chi connectivity index (χ0n) is 16.8. The van der Waals surface area contributed by atoms with E-state index >= 15 is 0 Å². The van der Waals surface area contributed by atoms with Crippen LogP contribution in [-0.2, 0) is 11.2 Å². The Kier molecular flexibility index (Phi) is 5.32. The van der Waals surface area contributed by atoms with Crippen molar-refractivity contribution in [2.75, 3.05) is 18.5 Å². The van der Waals surface area contributed by atoms with Gasteiger partial charge >= 0.3 is 0 Å². The lowest BCUT2D eigenvalue weighted by Gasteiger charge is -2.16. The highest BCUT2D eigenvalue weighted by molar-refractivity contribution is 7.17. The maximum atomic E-state index is 10.3. The molecule has 31 heavy (non-hydrogen) atoms. The molecular weight excluding hydrogens is 418 g/mol. The number of thiophene rings is 1. The van der Waals surface area contributed by atoms with Gasteiger partial charge in [-0.15, -0.1) is 11.3 Å². The summed E-state index contributed by atoms with van der Waals surface area (Å²) in [6.45, 7) is 2.38. The lowest BCUT2D eigenvalue weighted by molar-refractivity contribution is -0.0511.